The van der Waals surface area contributed by atoms with Crippen molar-refractivity contribution in [3.05, 3.63) is 12.2 Å². The van der Waals surface area contributed by atoms with Crippen LogP contribution in [-0.4, -0.2) is 0 Å². The van der Waals surface area contributed by atoms with Crippen molar-refractivity contribution in [2.24, 2.45) is 23.7 Å². The normalized spacial score (nSPS) is 46.2. The van der Waals surface area contributed by atoms with Crippen LogP contribution in [0.25, 0.3) is 0 Å². The summed E-state index contributed by atoms with van der Waals surface area (Å²) < 4.78 is 0. The monoisotopic (exact) mass is 162 g/mol. The second kappa shape index (κ2) is 2.61. The van der Waals surface area contributed by atoms with Gasteiger partial charge in [-0.1, -0.05) is 37.8 Å². The molecule has 0 nitrogen and oxygen atoms in total. The highest BCUT2D eigenvalue weighted by Crippen LogP contribution is 2.50. The SMILES string of the molecule is C1=CC2CC1CC2C1CCCC1. The maximum Gasteiger partial charge on any atom is -0.0197 e. The van der Waals surface area contributed by atoms with Crippen LogP contribution in [0.2, 0.25) is 0 Å². The average Bonchev–Trinajstić information content (AvgIpc) is 2.81. The Labute approximate surface area is 75.0 Å². The molecule has 0 saturated heterocycles. The minimum Gasteiger partial charge on any atom is -0.0851 e. The predicted molar refractivity (Wildman–Crippen MR) is 50.8 cm³/mol. The first kappa shape index (κ1) is 7.17. The summed E-state index contributed by atoms with van der Waals surface area (Å²) in [6.07, 6.45) is 14.1. The lowest BCUT2D eigenvalue weighted by atomic mass is 9.81. The van der Waals surface area contributed by atoms with Crippen molar-refractivity contribution in [3.63, 3.8) is 0 Å². The number of hydrogen-bond donors (Lipinski definition) is 0. The second-order valence-corrected chi connectivity index (χ2v) is 4.99. The van der Waals surface area contributed by atoms with E-state index in [1.807, 2.05) is 0 Å². The Kier molecular flexibility index (Phi) is 1.56. The van der Waals surface area contributed by atoms with Crippen LogP contribution < -0.4 is 0 Å². The van der Waals surface area contributed by atoms with Crippen LogP contribution in [0.1, 0.15) is 38.5 Å². The van der Waals surface area contributed by atoms with Gasteiger partial charge in [-0.15, -0.1) is 0 Å². The fourth-order valence-electron chi connectivity index (χ4n) is 3.75. The quantitative estimate of drug-likeness (QED) is 0.518. The van der Waals surface area contributed by atoms with E-state index < -0.39 is 0 Å². The Hall–Kier alpha value is -0.260. The van der Waals surface area contributed by atoms with Crippen molar-refractivity contribution in [1.29, 1.82) is 0 Å². The highest BCUT2D eigenvalue weighted by atomic mass is 14.4. The average molecular weight is 162 g/mol. The van der Waals surface area contributed by atoms with Gasteiger partial charge >= 0.3 is 0 Å². The lowest BCUT2D eigenvalue weighted by molar-refractivity contribution is 0.293. The lowest BCUT2D eigenvalue weighted by Crippen LogP contribution is -2.16. The molecule has 66 valence electrons. The van der Waals surface area contributed by atoms with Crippen LogP contribution in [0.4, 0.5) is 0 Å². The molecule has 0 heterocycles. The van der Waals surface area contributed by atoms with Crippen molar-refractivity contribution in [3.8, 4) is 0 Å². The third-order valence-corrected chi connectivity index (χ3v) is 4.34. The summed E-state index contributed by atoms with van der Waals surface area (Å²) in [6.45, 7) is 0. The van der Waals surface area contributed by atoms with Gasteiger partial charge in [-0.3, -0.25) is 0 Å². The number of hydrogen-bond acceptors (Lipinski definition) is 0. The summed E-state index contributed by atoms with van der Waals surface area (Å²) in [7, 11) is 0. The molecule has 0 aromatic heterocycles. The number of allylic oxidation sites excluding steroid dienone is 2. The van der Waals surface area contributed by atoms with Crippen LogP contribution in [0.3, 0.4) is 0 Å². The number of rotatable bonds is 1. The molecule has 3 atom stereocenters. The zero-order chi connectivity index (χ0) is 7.97. The van der Waals surface area contributed by atoms with E-state index in [-0.39, 0.29) is 0 Å². The molecule has 12 heavy (non-hydrogen) atoms. The van der Waals surface area contributed by atoms with Gasteiger partial charge in [-0.05, 0) is 36.5 Å². The minimum absolute atomic E-state index is 0.987. The van der Waals surface area contributed by atoms with Crippen LogP contribution in [0, 0.1) is 23.7 Å². The fourth-order valence-corrected chi connectivity index (χ4v) is 3.75. The highest BCUT2D eigenvalue weighted by Gasteiger charge is 2.40. The van der Waals surface area contributed by atoms with E-state index in [4.69, 9.17) is 0 Å². The molecular weight excluding hydrogens is 144 g/mol. The van der Waals surface area contributed by atoms with Crippen LogP contribution >= 0.6 is 0 Å². The Balaban J connectivity index is 1.74. The Morgan fingerprint density at radius 1 is 0.917 bits per heavy atom. The van der Waals surface area contributed by atoms with Crippen molar-refractivity contribution < 1.29 is 0 Å². The van der Waals surface area contributed by atoms with Crippen molar-refractivity contribution in [2.75, 3.05) is 0 Å². The van der Waals surface area contributed by atoms with Crippen LogP contribution in [0.5, 0.6) is 0 Å². The van der Waals surface area contributed by atoms with E-state index in [1.165, 1.54) is 25.7 Å². The molecule has 2 bridgehead atoms. The van der Waals surface area contributed by atoms with Gasteiger partial charge < -0.3 is 0 Å². The van der Waals surface area contributed by atoms with E-state index in [0.29, 0.717) is 0 Å². The smallest absolute Gasteiger partial charge is 0.0197 e. The Morgan fingerprint density at radius 2 is 1.75 bits per heavy atom. The zero-order valence-corrected chi connectivity index (χ0v) is 7.71. The van der Waals surface area contributed by atoms with E-state index in [0.717, 1.165) is 23.7 Å². The van der Waals surface area contributed by atoms with Gasteiger partial charge in [-0.25, -0.2) is 0 Å². The fraction of sp³-hybridized carbons (Fsp3) is 0.833. The lowest BCUT2D eigenvalue weighted by Gasteiger charge is -2.24. The van der Waals surface area contributed by atoms with Crippen LogP contribution in [0.15, 0.2) is 12.2 Å². The largest absolute Gasteiger partial charge is 0.0851 e. The summed E-state index contributed by atoms with van der Waals surface area (Å²) >= 11 is 0. The van der Waals surface area contributed by atoms with Gasteiger partial charge in [0.05, 0.1) is 0 Å². The third kappa shape index (κ3) is 0.967. The summed E-state index contributed by atoms with van der Waals surface area (Å²) in [5.41, 5.74) is 0. The van der Waals surface area contributed by atoms with Crippen LogP contribution in [-0.2, 0) is 0 Å². The molecular formula is C12H18. The highest BCUT2D eigenvalue weighted by molar-refractivity contribution is 5.11. The molecule has 0 radical (unpaired) electrons. The first-order valence-corrected chi connectivity index (χ1v) is 5.62. The Morgan fingerprint density at radius 3 is 2.33 bits per heavy atom. The molecule has 0 N–H and O–H groups in total. The molecule has 2 fully saturated rings. The van der Waals surface area contributed by atoms with Gasteiger partial charge in [0.2, 0.25) is 0 Å². The maximum atomic E-state index is 2.51. The molecule has 3 rings (SSSR count). The van der Waals surface area contributed by atoms with E-state index in [1.54, 1.807) is 12.8 Å². The topological polar surface area (TPSA) is 0 Å². The van der Waals surface area contributed by atoms with Gasteiger partial charge in [0, 0.05) is 0 Å². The summed E-state index contributed by atoms with van der Waals surface area (Å²) in [4.78, 5) is 0. The molecule has 3 aliphatic carbocycles. The van der Waals surface area contributed by atoms with Gasteiger partial charge in [0.15, 0.2) is 0 Å². The van der Waals surface area contributed by atoms with E-state index in [9.17, 15) is 0 Å². The molecule has 2 saturated carbocycles. The zero-order valence-electron chi connectivity index (χ0n) is 7.71. The molecule has 0 aliphatic heterocycles. The molecule has 0 aromatic rings. The van der Waals surface area contributed by atoms with Crippen molar-refractivity contribution in [1.82, 2.24) is 0 Å². The van der Waals surface area contributed by atoms with E-state index >= 15 is 0 Å². The standard InChI is InChI=1S/C12H18/c1-2-4-10(3-1)12-8-9-5-6-11(12)7-9/h5-6,9-12H,1-4,7-8H2. The van der Waals surface area contributed by atoms with Gasteiger partial charge in [0.25, 0.3) is 0 Å². The minimum atomic E-state index is 0.987. The summed E-state index contributed by atoms with van der Waals surface area (Å²) in [5.74, 6) is 4.20. The van der Waals surface area contributed by atoms with Crippen molar-refractivity contribution in [2.45, 2.75) is 38.5 Å². The molecule has 0 amide bonds. The van der Waals surface area contributed by atoms with E-state index in [2.05, 4.69) is 12.2 Å². The maximum absolute atomic E-state index is 2.51. The van der Waals surface area contributed by atoms with Gasteiger partial charge in [-0.2, -0.15) is 0 Å². The molecule has 0 heteroatoms. The molecule has 3 unspecified atom stereocenters. The van der Waals surface area contributed by atoms with Gasteiger partial charge in [0.1, 0.15) is 0 Å². The second-order valence-electron chi connectivity index (χ2n) is 4.99. The predicted octanol–water partition coefficient (Wildman–Crippen LogP) is 3.39. The molecule has 0 aromatic carbocycles. The first-order chi connectivity index (χ1) is 5.93. The molecule has 0 spiro atoms. The van der Waals surface area contributed by atoms with Crippen molar-refractivity contribution >= 4 is 0 Å². The summed E-state index contributed by atoms with van der Waals surface area (Å²) in [6, 6.07) is 0. The summed E-state index contributed by atoms with van der Waals surface area (Å²) in [5, 5.41) is 0. The first-order valence-electron chi connectivity index (χ1n) is 5.62. The molecule has 3 aliphatic rings. The Bertz CT molecular complexity index is 198. The third-order valence-electron chi connectivity index (χ3n) is 4.34. The number of fused-ring (bicyclic) bond motifs is 2.